The standard InChI is InChI=1S/C12H10F3N3O/c1-18-10(6-9(17-18)11(14)15)16-12(19)7-2-4-8(13)5-3-7/h2-6,11H,1H3,(H,16,19). The number of rotatable bonds is 3. The van der Waals surface area contributed by atoms with E-state index in [-0.39, 0.29) is 11.4 Å². The largest absolute Gasteiger partial charge is 0.307 e. The molecule has 0 fully saturated rings. The third-order valence-corrected chi connectivity index (χ3v) is 2.47. The summed E-state index contributed by atoms with van der Waals surface area (Å²) in [5.41, 5.74) is -0.196. The molecule has 0 unspecified atom stereocenters. The van der Waals surface area contributed by atoms with Crippen molar-refractivity contribution in [2.45, 2.75) is 6.43 Å². The maximum Gasteiger partial charge on any atom is 0.282 e. The summed E-state index contributed by atoms with van der Waals surface area (Å²) in [6.07, 6.45) is -2.71. The van der Waals surface area contributed by atoms with Gasteiger partial charge in [-0.15, -0.1) is 0 Å². The molecule has 1 aromatic heterocycles. The molecule has 1 aromatic carbocycles. The summed E-state index contributed by atoms with van der Waals surface area (Å²) in [5, 5.41) is 5.99. The molecule has 7 heteroatoms. The van der Waals surface area contributed by atoms with E-state index in [0.29, 0.717) is 0 Å². The smallest absolute Gasteiger partial charge is 0.282 e. The van der Waals surface area contributed by atoms with E-state index < -0.39 is 23.8 Å². The fourth-order valence-corrected chi connectivity index (χ4v) is 1.50. The lowest BCUT2D eigenvalue weighted by Gasteiger charge is -2.04. The summed E-state index contributed by atoms with van der Waals surface area (Å²) in [6, 6.07) is 5.97. The zero-order chi connectivity index (χ0) is 14.0. The Morgan fingerprint density at radius 1 is 1.32 bits per heavy atom. The van der Waals surface area contributed by atoms with E-state index in [2.05, 4.69) is 10.4 Å². The van der Waals surface area contributed by atoms with Crippen LogP contribution in [0.5, 0.6) is 0 Å². The lowest BCUT2D eigenvalue weighted by atomic mass is 10.2. The van der Waals surface area contributed by atoms with Crippen LogP contribution in [0.15, 0.2) is 30.3 Å². The third-order valence-electron chi connectivity index (χ3n) is 2.47. The average Bonchev–Trinajstić information content (AvgIpc) is 2.72. The van der Waals surface area contributed by atoms with Gasteiger partial charge in [0.1, 0.15) is 17.3 Å². The van der Waals surface area contributed by atoms with Crippen molar-refractivity contribution in [1.82, 2.24) is 9.78 Å². The highest BCUT2D eigenvalue weighted by Gasteiger charge is 2.15. The van der Waals surface area contributed by atoms with Crippen molar-refractivity contribution >= 4 is 11.7 Å². The molecule has 4 nitrogen and oxygen atoms in total. The number of anilines is 1. The first kappa shape index (κ1) is 13.1. The van der Waals surface area contributed by atoms with Gasteiger partial charge in [-0.1, -0.05) is 0 Å². The highest BCUT2D eigenvalue weighted by molar-refractivity contribution is 6.03. The number of carbonyl (C=O) groups excluding carboxylic acids is 1. The molecule has 1 amide bonds. The highest BCUT2D eigenvalue weighted by Crippen LogP contribution is 2.20. The van der Waals surface area contributed by atoms with Gasteiger partial charge in [-0.2, -0.15) is 5.10 Å². The molecule has 0 radical (unpaired) electrons. The Balaban J connectivity index is 2.17. The second kappa shape index (κ2) is 5.13. The topological polar surface area (TPSA) is 46.9 Å². The number of benzene rings is 1. The van der Waals surface area contributed by atoms with Crippen LogP contribution in [-0.4, -0.2) is 15.7 Å². The molecule has 2 aromatic rings. The van der Waals surface area contributed by atoms with Crippen molar-refractivity contribution in [2.75, 3.05) is 5.32 Å². The summed E-state index contributed by atoms with van der Waals surface area (Å²) in [4.78, 5) is 11.8. The van der Waals surface area contributed by atoms with E-state index in [4.69, 9.17) is 0 Å². The number of aromatic nitrogens is 2. The van der Waals surface area contributed by atoms with Gasteiger partial charge < -0.3 is 5.32 Å². The van der Waals surface area contributed by atoms with Gasteiger partial charge in [-0.3, -0.25) is 9.48 Å². The fraction of sp³-hybridized carbons (Fsp3) is 0.167. The van der Waals surface area contributed by atoms with Crippen molar-refractivity contribution in [1.29, 1.82) is 0 Å². The predicted octanol–water partition coefficient (Wildman–Crippen LogP) is 2.75. The number of hydrogen-bond acceptors (Lipinski definition) is 2. The van der Waals surface area contributed by atoms with E-state index in [0.717, 1.165) is 22.9 Å². The number of alkyl halides is 2. The van der Waals surface area contributed by atoms with Gasteiger partial charge in [0.05, 0.1) is 0 Å². The van der Waals surface area contributed by atoms with E-state index >= 15 is 0 Å². The highest BCUT2D eigenvalue weighted by atomic mass is 19.3. The van der Waals surface area contributed by atoms with E-state index in [1.807, 2.05) is 0 Å². The van der Waals surface area contributed by atoms with Gasteiger partial charge in [-0.05, 0) is 24.3 Å². The Kier molecular flexibility index (Phi) is 3.55. The van der Waals surface area contributed by atoms with Gasteiger partial charge in [0.15, 0.2) is 0 Å². The summed E-state index contributed by atoms with van der Waals surface area (Å²) in [6.45, 7) is 0. The van der Waals surface area contributed by atoms with Gasteiger partial charge in [0.25, 0.3) is 12.3 Å². The lowest BCUT2D eigenvalue weighted by Crippen LogP contribution is -2.14. The van der Waals surface area contributed by atoms with Gasteiger partial charge in [0, 0.05) is 18.7 Å². The molecule has 0 aliphatic heterocycles. The number of aryl methyl sites for hydroxylation is 1. The summed E-state index contributed by atoms with van der Waals surface area (Å²) < 4.78 is 38.7. The number of carbonyl (C=O) groups is 1. The molecule has 0 aliphatic rings. The Labute approximate surface area is 106 Å². The first-order chi connectivity index (χ1) is 8.97. The first-order valence-electron chi connectivity index (χ1n) is 5.36. The molecule has 2 rings (SSSR count). The van der Waals surface area contributed by atoms with Crippen molar-refractivity contribution < 1.29 is 18.0 Å². The van der Waals surface area contributed by atoms with Crippen LogP contribution in [0.1, 0.15) is 22.5 Å². The molecule has 0 aliphatic carbocycles. The predicted molar refractivity (Wildman–Crippen MR) is 62.5 cm³/mol. The molecule has 0 atom stereocenters. The van der Waals surface area contributed by atoms with Gasteiger partial charge >= 0.3 is 0 Å². The second-order valence-corrected chi connectivity index (χ2v) is 3.84. The molecule has 1 heterocycles. The monoisotopic (exact) mass is 269 g/mol. The van der Waals surface area contributed by atoms with Crippen LogP contribution in [0.25, 0.3) is 0 Å². The molecule has 100 valence electrons. The molecular formula is C12H10F3N3O. The van der Waals surface area contributed by atoms with Crippen LogP contribution in [0.3, 0.4) is 0 Å². The molecule has 0 bridgehead atoms. The van der Waals surface area contributed by atoms with Crippen LogP contribution in [0.2, 0.25) is 0 Å². The maximum absolute atomic E-state index is 12.7. The number of amides is 1. The Morgan fingerprint density at radius 3 is 2.47 bits per heavy atom. The van der Waals surface area contributed by atoms with E-state index in [1.54, 1.807) is 0 Å². The maximum atomic E-state index is 12.7. The molecule has 1 N–H and O–H groups in total. The van der Waals surface area contributed by atoms with Gasteiger partial charge in [0.2, 0.25) is 0 Å². The van der Waals surface area contributed by atoms with Crippen molar-refractivity contribution in [2.24, 2.45) is 7.05 Å². The van der Waals surface area contributed by atoms with Crippen LogP contribution >= 0.6 is 0 Å². The number of nitrogens with one attached hydrogen (secondary N) is 1. The molecule has 0 spiro atoms. The molecule has 0 saturated heterocycles. The van der Waals surface area contributed by atoms with E-state index in [1.165, 1.54) is 19.2 Å². The number of halogens is 3. The Bertz CT molecular complexity index is 593. The quantitative estimate of drug-likeness (QED) is 0.931. The van der Waals surface area contributed by atoms with Crippen LogP contribution in [0.4, 0.5) is 19.0 Å². The SMILES string of the molecule is Cn1nc(C(F)F)cc1NC(=O)c1ccc(F)cc1. The Hall–Kier alpha value is -2.31. The Morgan fingerprint density at radius 2 is 1.95 bits per heavy atom. The van der Waals surface area contributed by atoms with Crippen LogP contribution < -0.4 is 5.32 Å². The minimum absolute atomic E-state index is 0.143. The van der Waals surface area contributed by atoms with Crippen molar-refractivity contribution in [3.8, 4) is 0 Å². The number of hydrogen-bond donors (Lipinski definition) is 1. The van der Waals surface area contributed by atoms with E-state index in [9.17, 15) is 18.0 Å². The van der Waals surface area contributed by atoms with Crippen LogP contribution in [-0.2, 0) is 7.05 Å². The zero-order valence-corrected chi connectivity index (χ0v) is 9.90. The average molecular weight is 269 g/mol. The first-order valence-corrected chi connectivity index (χ1v) is 5.36. The minimum atomic E-state index is -2.71. The third kappa shape index (κ3) is 2.93. The molecular weight excluding hydrogens is 259 g/mol. The van der Waals surface area contributed by atoms with Crippen molar-refractivity contribution in [3.63, 3.8) is 0 Å². The second-order valence-electron chi connectivity index (χ2n) is 3.84. The number of nitrogens with zero attached hydrogens (tertiary/aromatic N) is 2. The fourth-order valence-electron chi connectivity index (χ4n) is 1.50. The minimum Gasteiger partial charge on any atom is -0.307 e. The molecule has 0 saturated carbocycles. The zero-order valence-electron chi connectivity index (χ0n) is 9.90. The summed E-state index contributed by atoms with van der Waals surface area (Å²) in [5.74, 6) is -0.842. The van der Waals surface area contributed by atoms with Crippen LogP contribution in [0, 0.1) is 5.82 Å². The normalized spacial score (nSPS) is 10.8. The summed E-state index contributed by atoms with van der Waals surface area (Å²) in [7, 11) is 1.44. The lowest BCUT2D eigenvalue weighted by molar-refractivity contribution is 0.102. The van der Waals surface area contributed by atoms with Crippen molar-refractivity contribution in [3.05, 3.63) is 47.4 Å². The summed E-state index contributed by atoms with van der Waals surface area (Å²) >= 11 is 0. The van der Waals surface area contributed by atoms with Gasteiger partial charge in [-0.25, -0.2) is 13.2 Å². The molecule has 19 heavy (non-hydrogen) atoms.